The molecule has 1 aliphatic carbocycles. The second-order valence-electron chi connectivity index (χ2n) is 4.53. The van der Waals surface area contributed by atoms with Crippen LogP contribution in [0.15, 0.2) is 24.3 Å². The van der Waals surface area contributed by atoms with Crippen molar-refractivity contribution in [2.75, 3.05) is 6.54 Å². The smallest absolute Gasteiger partial charge is 0.269 e. The summed E-state index contributed by atoms with van der Waals surface area (Å²) in [6, 6.07) is 6.79. The third-order valence-corrected chi connectivity index (χ3v) is 3.13. The minimum Gasteiger partial charge on any atom is -0.312 e. The predicted octanol–water partition coefficient (Wildman–Crippen LogP) is 2.34. The molecule has 0 amide bonds. The van der Waals surface area contributed by atoms with Crippen LogP contribution in [0.2, 0.25) is 0 Å². The van der Waals surface area contributed by atoms with E-state index in [9.17, 15) is 10.1 Å². The van der Waals surface area contributed by atoms with Gasteiger partial charge in [0.2, 0.25) is 0 Å². The summed E-state index contributed by atoms with van der Waals surface area (Å²) < 4.78 is 0. The van der Waals surface area contributed by atoms with E-state index in [1.807, 2.05) is 6.07 Å². The Kier molecular flexibility index (Phi) is 3.19. The summed E-state index contributed by atoms with van der Waals surface area (Å²) in [4.78, 5) is 10.2. The van der Waals surface area contributed by atoms with Crippen molar-refractivity contribution in [3.8, 4) is 0 Å². The fraction of sp³-hybridized carbons (Fsp3) is 0.500. The van der Waals surface area contributed by atoms with Gasteiger partial charge in [-0.05, 0) is 30.4 Å². The average molecular weight is 220 g/mol. The number of nitrogens with zero attached hydrogens (tertiary/aromatic N) is 1. The molecule has 0 aromatic heterocycles. The zero-order valence-electron chi connectivity index (χ0n) is 9.35. The first-order valence-corrected chi connectivity index (χ1v) is 5.61. The van der Waals surface area contributed by atoms with Crippen LogP contribution in [0.25, 0.3) is 0 Å². The van der Waals surface area contributed by atoms with E-state index < -0.39 is 0 Å². The molecule has 0 bridgehead atoms. The maximum atomic E-state index is 10.6. The molecule has 1 N–H and O–H groups in total. The lowest BCUT2D eigenvalue weighted by Gasteiger charge is -2.03. The molecule has 4 heteroatoms. The standard InChI is InChI=1S/C12H16N2O2/c1-9-5-11(9)8-13-7-10-3-2-4-12(6-10)14(15)16/h2-4,6,9,11,13H,5,7-8H2,1H3. The first-order chi connectivity index (χ1) is 7.66. The molecule has 0 radical (unpaired) electrons. The number of non-ortho nitro benzene ring substituents is 1. The number of nitro benzene ring substituents is 1. The zero-order valence-corrected chi connectivity index (χ0v) is 9.35. The molecule has 16 heavy (non-hydrogen) atoms. The lowest BCUT2D eigenvalue weighted by Crippen LogP contribution is -2.16. The van der Waals surface area contributed by atoms with Crippen molar-refractivity contribution in [3.05, 3.63) is 39.9 Å². The quantitative estimate of drug-likeness (QED) is 0.612. The fourth-order valence-electron chi connectivity index (χ4n) is 1.87. The summed E-state index contributed by atoms with van der Waals surface area (Å²) >= 11 is 0. The van der Waals surface area contributed by atoms with Gasteiger partial charge in [0, 0.05) is 18.7 Å². The van der Waals surface area contributed by atoms with E-state index in [4.69, 9.17) is 0 Å². The third kappa shape index (κ3) is 2.79. The second-order valence-corrected chi connectivity index (χ2v) is 4.53. The van der Waals surface area contributed by atoms with Crippen LogP contribution in [0.1, 0.15) is 18.9 Å². The highest BCUT2D eigenvalue weighted by atomic mass is 16.6. The largest absolute Gasteiger partial charge is 0.312 e. The Morgan fingerprint density at radius 1 is 1.56 bits per heavy atom. The van der Waals surface area contributed by atoms with Gasteiger partial charge in [-0.15, -0.1) is 0 Å². The molecular weight excluding hydrogens is 204 g/mol. The van der Waals surface area contributed by atoms with Crippen molar-refractivity contribution in [2.24, 2.45) is 11.8 Å². The van der Waals surface area contributed by atoms with Gasteiger partial charge in [0.15, 0.2) is 0 Å². The molecule has 0 saturated heterocycles. The first-order valence-electron chi connectivity index (χ1n) is 5.61. The van der Waals surface area contributed by atoms with E-state index in [-0.39, 0.29) is 10.6 Å². The van der Waals surface area contributed by atoms with Crippen LogP contribution >= 0.6 is 0 Å². The molecule has 1 fully saturated rings. The Balaban J connectivity index is 1.84. The van der Waals surface area contributed by atoms with Gasteiger partial charge in [0.25, 0.3) is 5.69 Å². The van der Waals surface area contributed by atoms with Crippen LogP contribution in [-0.2, 0) is 6.54 Å². The zero-order chi connectivity index (χ0) is 11.5. The minimum atomic E-state index is -0.355. The molecule has 1 aromatic carbocycles. The molecule has 1 saturated carbocycles. The number of hydrogen-bond donors (Lipinski definition) is 1. The van der Waals surface area contributed by atoms with Crippen LogP contribution < -0.4 is 5.32 Å². The third-order valence-electron chi connectivity index (χ3n) is 3.13. The predicted molar refractivity (Wildman–Crippen MR) is 62.1 cm³/mol. The number of nitrogens with one attached hydrogen (secondary N) is 1. The van der Waals surface area contributed by atoms with Gasteiger partial charge in [0.05, 0.1) is 4.92 Å². The van der Waals surface area contributed by atoms with Gasteiger partial charge >= 0.3 is 0 Å². The Labute approximate surface area is 94.8 Å². The van der Waals surface area contributed by atoms with Crippen LogP contribution in [0.5, 0.6) is 0 Å². The topological polar surface area (TPSA) is 55.2 Å². The monoisotopic (exact) mass is 220 g/mol. The SMILES string of the molecule is CC1CC1CNCc1cccc([N+](=O)[O-])c1. The summed E-state index contributed by atoms with van der Waals surface area (Å²) in [5.74, 6) is 1.65. The van der Waals surface area contributed by atoms with Crippen molar-refractivity contribution in [3.63, 3.8) is 0 Å². The molecule has 1 aliphatic rings. The van der Waals surface area contributed by atoms with Gasteiger partial charge in [-0.1, -0.05) is 19.1 Å². The number of rotatable bonds is 5. The van der Waals surface area contributed by atoms with Crippen LogP contribution in [0.4, 0.5) is 5.69 Å². The van der Waals surface area contributed by atoms with Crippen molar-refractivity contribution >= 4 is 5.69 Å². The Bertz CT molecular complexity index is 392. The fourth-order valence-corrected chi connectivity index (χ4v) is 1.87. The maximum Gasteiger partial charge on any atom is 0.269 e. The lowest BCUT2D eigenvalue weighted by molar-refractivity contribution is -0.384. The number of benzene rings is 1. The van der Waals surface area contributed by atoms with Crippen LogP contribution in [0.3, 0.4) is 0 Å². The molecule has 2 atom stereocenters. The molecule has 2 rings (SSSR count). The normalized spacial score (nSPS) is 23.1. The number of hydrogen-bond acceptors (Lipinski definition) is 3. The van der Waals surface area contributed by atoms with E-state index in [2.05, 4.69) is 12.2 Å². The highest BCUT2D eigenvalue weighted by Gasteiger charge is 2.31. The summed E-state index contributed by atoms with van der Waals surface area (Å²) in [6.45, 7) is 3.98. The van der Waals surface area contributed by atoms with Crippen molar-refractivity contribution in [2.45, 2.75) is 19.9 Å². The Morgan fingerprint density at radius 3 is 2.94 bits per heavy atom. The molecular formula is C12H16N2O2. The van der Waals surface area contributed by atoms with Crippen molar-refractivity contribution in [1.82, 2.24) is 5.32 Å². The highest BCUT2D eigenvalue weighted by Crippen LogP contribution is 2.36. The van der Waals surface area contributed by atoms with Crippen LogP contribution in [-0.4, -0.2) is 11.5 Å². The molecule has 2 unspecified atom stereocenters. The van der Waals surface area contributed by atoms with E-state index in [0.717, 1.165) is 23.9 Å². The van der Waals surface area contributed by atoms with Gasteiger partial charge < -0.3 is 5.32 Å². The average Bonchev–Trinajstić information content (AvgIpc) is 2.95. The Hall–Kier alpha value is -1.42. The lowest BCUT2D eigenvalue weighted by atomic mass is 10.2. The minimum absolute atomic E-state index is 0.166. The molecule has 4 nitrogen and oxygen atoms in total. The summed E-state index contributed by atoms with van der Waals surface area (Å²) in [5.41, 5.74) is 1.14. The van der Waals surface area contributed by atoms with E-state index in [1.165, 1.54) is 12.5 Å². The molecule has 0 aliphatic heterocycles. The van der Waals surface area contributed by atoms with E-state index in [0.29, 0.717) is 6.54 Å². The Morgan fingerprint density at radius 2 is 2.31 bits per heavy atom. The molecule has 0 heterocycles. The van der Waals surface area contributed by atoms with Gasteiger partial charge in [-0.25, -0.2) is 0 Å². The van der Waals surface area contributed by atoms with Crippen LogP contribution in [0, 0.1) is 22.0 Å². The molecule has 1 aromatic rings. The van der Waals surface area contributed by atoms with Gasteiger partial charge in [0.1, 0.15) is 0 Å². The maximum absolute atomic E-state index is 10.6. The second kappa shape index (κ2) is 4.61. The number of nitro groups is 1. The molecule has 0 spiro atoms. The highest BCUT2D eigenvalue weighted by molar-refractivity contribution is 5.34. The first kappa shape index (κ1) is 11.1. The summed E-state index contributed by atoms with van der Waals surface area (Å²) in [5, 5.41) is 13.9. The molecule has 86 valence electrons. The van der Waals surface area contributed by atoms with Crippen molar-refractivity contribution < 1.29 is 4.92 Å². The summed E-state index contributed by atoms with van der Waals surface area (Å²) in [6.07, 6.45) is 1.31. The van der Waals surface area contributed by atoms with E-state index >= 15 is 0 Å². The van der Waals surface area contributed by atoms with Gasteiger partial charge in [-0.2, -0.15) is 0 Å². The summed E-state index contributed by atoms with van der Waals surface area (Å²) in [7, 11) is 0. The van der Waals surface area contributed by atoms with Crippen molar-refractivity contribution in [1.29, 1.82) is 0 Å². The van der Waals surface area contributed by atoms with Gasteiger partial charge in [-0.3, -0.25) is 10.1 Å². The van der Waals surface area contributed by atoms with E-state index in [1.54, 1.807) is 12.1 Å².